The van der Waals surface area contributed by atoms with Crippen LogP contribution < -0.4 is 11.1 Å². The summed E-state index contributed by atoms with van der Waals surface area (Å²) in [6.45, 7) is -2.65. The fourth-order valence-corrected chi connectivity index (χ4v) is 3.52. The number of nitrogens with one attached hydrogen (secondary N) is 1. The highest BCUT2D eigenvalue weighted by molar-refractivity contribution is 5.83. The highest BCUT2D eigenvalue weighted by atomic mass is 19.4. The van der Waals surface area contributed by atoms with Gasteiger partial charge in [0.05, 0.1) is 17.5 Å². The first-order valence-corrected chi connectivity index (χ1v) is 10.4. The van der Waals surface area contributed by atoms with Crippen LogP contribution in [0.5, 0.6) is 0 Å². The van der Waals surface area contributed by atoms with Gasteiger partial charge in [-0.15, -0.1) is 0 Å². The summed E-state index contributed by atoms with van der Waals surface area (Å²) in [5, 5.41) is 12.3. The predicted octanol–water partition coefficient (Wildman–Crippen LogP) is 2.44. The van der Waals surface area contributed by atoms with Crippen molar-refractivity contribution in [1.29, 1.82) is 5.26 Å². The zero-order chi connectivity index (χ0) is 28.7. The molecular weight excluding hydrogens is 488 g/mol. The molecule has 1 fully saturated rings. The largest absolute Gasteiger partial charge is 0.493 e. The van der Waals surface area contributed by atoms with Crippen LogP contribution in [0.1, 0.15) is 9.68 Å². The number of rotatable bonds is 5. The van der Waals surface area contributed by atoms with Crippen molar-refractivity contribution in [2.45, 2.75) is 18.6 Å². The van der Waals surface area contributed by atoms with E-state index in [9.17, 15) is 32.8 Å². The Bertz CT molecular complexity index is 1540. The monoisotopic (exact) mass is 509 g/mol. The number of nitrogens with zero attached hydrogens (tertiary/aromatic N) is 3. The van der Waals surface area contributed by atoms with Crippen LogP contribution in [0, 0.1) is 23.1 Å². The quantitative estimate of drug-likeness (QED) is 0.415. The van der Waals surface area contributed by atoms with E-state index in [2.05, 4.69) is 10.2 Å². The Morgan fingerprint density at radius 1 is 1.31 bits per heavy atom. The van der Waals surface area contributed by atoms with Crippen molar-refractivity contribution in [2.75, 3.05) is 13.1 Å². The number of aromatic nitrogens is 1. The summed E-state index contributed by atoms with van der Waals surface area (Å²) in [4.78, 5) is 40.3. The van der Waals surface area contributed by atoms with Crippen LogP contribution in [-0.4, -0.2) is 46.8 Å². The summed E-state index contributed by atoms with van der Waals surface area (Å²) in [5.41, 5.74) is 0.291. The zero-order valence-electron chi connectivity index (χ0n) is 21.1. The van der Waals surface area contributed by atoms with Crippen LogP contribution >= 0.6 is 0 Å². The minimum absolute atomic E-state index is 0.00588. The molecule has 0 radical (unpaired) electrons. The number of carbonyl (C=O) groups is 2. The van der Waals surface area contributed by atoms with Crippen molar-refractivity contribution in [2.24, 2.45) is 12.9 Å². The van der Waals surface area contributed by atoms with Gasteiger partial charge in [-0.2, -0.15) is 23.5 Å². The number of hydrogen-bond acceptors (Lipinski definition) is 7. The van der Waals surface area contributed by atoms with E-state index in [4.69, 9.17) is 8.53 Å². The molecule has 2 aromatic carbocycles. The lowest BCUT2D eigenvalue weighted by Gasteiger charge is -2.33. The topological polar surface area (TPSA) is 118 Å². The van der Waals surface area contributed by atoms with Crippen LogP contribution in [0.3, 0.4) is 0 Å². The van der Waals surface area contributed by atoms with Gasteiger partial charge < -0.3 is 14.6 Å². The molecule has 36 heavy (non-hydrogen) atoms. The molecule has 1 amide bonds. The smallest absolute Gasteiger partial charge is 0.408 e. The van der Waals surface area contributed by atoms with Gasteiger partial charge in [-0.1, -0.05) is 18.2 Å². The first kappa shape index (κ1) is 21.1. The summed E-state index contributed by atoms with van der Waals surface area (Å²) < 4.78 is 81.5. The average Bonchev–Trinajstić information content (AvgIpc) is 3.15. The molecule has 0 unspecified atom stereocenters. The molecule has 1 saturated heterocycles. The highest BCUT2D eigenvalue weighted by Crippen LogP contribution is 2.27. The minimum atomic E-state index is -5.44. The maximum atomic E-state index is 15.1. The fraction of sp³-hybridized carbons (Fsp3) is 0.304. The number of hydrogen-bond donors (Lipinski definition) is 1. The van der Waals surface area contributed by atoms with Gasteiger partial charge in [0.25, 0.3) is 5.91 Å². The number of alkyl halides is 3. The molecule has 188 valence electrons. The first-order valence-electron chi connectivity index (χ1n) is 11.9. The standard InChI is InChI=1S/C23H18F4N4O5/c1-30-18-8-13(4-5-19(18)35-22(30)34)12-2-3-14(17(24)7-12)6-16(9-28)31(20(32)15-10-29-11-15)36-21(33)23(25,26)27/h2-5,7-8,15-16,29H,6,10-11H2,1H3/t16-/m0/s1/i1D3. The molecule has 1 aliphatic heterocycles. The van der Waals surface area contributed by atoms with E-state index in [1.54, 1.807) is 6.07 Å². The second-order valence-electron chi connectivity index (χ2n) is 7.94. The van der Waals surface area contributed by atoms with Gasteiger partial charge in [0.15, 0.2) is 11.6 Å². The third-order valence-corrected chi connectivity index (χ3v) is 5.57. The molecule has 1 aliphatic rings. The molecule has 0 bridgehead atoms. The van der Waals surface area contributed by atoms with Gasteiger partial charge in [0.1, 0.15) is 5.82 Å². The Balaban J connectivity index is 1.63. The summed E-state index contributed by atoms with van der Waals surface area (Å²) in [7, 11) is 0. The highest BCUT2D eigenvalue weighted by Gasteiger charge is 2.46. The minimum Gasteiger partial charge on any atom is -0.408 e. The molecule has 9 nitrogen and oxygen atoms in total. The lowest BCUT2D eigenvalue weighted by atomic mass is 9.98. The van der Waals surface area contributed by atoms with Gasteiger partial charge in [0.2, 0.25) is 0 Å². The molecule has 2 heterocycles. The van der Waals surface area contributed by atoms with E-state index in [0.29, 0.717) is 10.1 Å². The number of oxazole rings is 1. The average molecular weight is 509 g/mol. The number of halogens is 4. The summed E-state index contributed by atoms with van der Waals surface area (Å²) >= 11 is 0. The first-order chi connectivity index (χ1) is 18.2. The lowest BCUT2D eigenvalue weighted by molar-refractivity contribution is -0.242. The maximum absolute atomic E-state index is 15.1. The van der Waals surface area contributed by atoms with Gasteiger partial charge in [-0.25, -0.2) is 14.0 Å². The SMILES string of the molecule is [2H]C([2H])([2H])n1c(=O)oc2ccc(-c3ccc(C[C@@H](C#N)N(OC(=O)C(F)(F)F)C(=O)C4CNC4)c(F)c3)cc21. The van der Waals surface area contributed by atoms with Crippen molar-refractivity contribution in [3.63, 3.8) is 0 Å². The number of amides is 1. The number of nitriles is 1. The fourth-order valence-electron chi connectivity index (χ4n) is 3.52. The third kappa shape index (κ3) is 4.80. The summed E-state index contributed by atoms with van der Waals surface area (Å²) in [6.07, 6.45) is -6.05. The van der Waals surface area contributed by atoms with E-state index in [-0.39, 0.29) is 40.4 Å². The van der Waals surface area contributed by atoms with E-state index < -0.39 is 55.0 Å². The molecule has 1 N–H and O–H groups in total. The normalized spacial score (nSPS) is 16.2. The van der Waals surface area contributed by atoms with Gasteiger partial charge in [0, 0.05) is 30.6 Å². The van der Waals surface area contributed by atoms with Crippen LogP contribution in [0.25, 0.3) is 22.2 Å². The van der Waals surface area contributed by atoms with E-state index in [1.807, 2.05) is 0 Å². The Morgan fingerprint density at radius 3 is 2.58 bits per heavy atom. The van der Waals surface area contributed by atoms with Crippen molar-refractivity contribution < 1.29 is 40.5 Å². The molecule has 4 rings (SSSR count). The molecule has 0 spiro atoms. The number of benzene rings is 2. The Labute approximate surface area is 204 Å². The molecule has 3 aromatic rings. The maximum Gasteiger partial charge on any atom is 0.493 e. The number of carbonyl (C=O) groups excluding carboxylic acids is 2. The van der Waals surface area contributed by atoms with Gasteiger partial charge in [-0.3, -0.25) is 9.36 Å². The van der Waals surface area contributed by atoms with Crippen molar-refractivity contribution in [3.8, 4) is 17.2 Å². The Morgan fingerprint density at radius 2 is 2.00 bits per heavy atom. The molecule has 0 aliphatic carbocycles. The second-order valence-corrected chi connectivity index (χ2v) is 7.94. The second kappa shape index (κ2) is 9.46. The van der Waals surface area contributed by atoms with Crippen molar-refractivity contribution >= 4 is 23.0 Å². The third-order valence-electron chi connectivity index (χ3n) is 5.57. The number of hydroxylamine groups is 2. The van der Waals surface area contributed by atoms with Gasteiger partial charge in [-0.05, 0) is 34.9 Å². The Kier molecular flexibility index (Phi) is 5.55. The van der Waals surface area contributed by atoms with Crippen LogP contribution in [0.4, 0.5) is 17.6 Å². The van der Waals surface area contributed by atoms with Crippen molar-refractivity contribution in [1.82, 2.24) is 14.9 Å². The summed E-state index contributed by atoms with van der Waals surface area (Å²) in [6, 6.07) is 7.52. The van der Waals surface area contributed by atoms with E-state index in [0.717, 1.165) is 6.07 Å². The molecule has 1 atom stereocenters. The van der Waals surface area contributed by atoms with E-state index in [1.165, 1.54) is 30.3 Å². The zero-order valence-corrected chi connectivity index (χ0v) is 18.1. The predicted molar refractivity (Wildman–Crippen MR) is 115 cm³/mol. The molecular formula is C23H18F4N4O5. The van der Waals surface area contributed by atoms with E-state index >= 15 is 4.39 Å². The van der Waals surface area contributed by atoms with Crippen LogP contribution in [-0.2, 0) is 27.8 Å². The Hall–Kier alpha value is -4.18. The number of aryl methyl sites for hydroxylation is 1. The molecule has 0 saturated carbocycles. The van der Waals surface area contributed by atoms with Crippen LogP contribution in [0.15, 0.2) is 45.6 Å². The molecule has 1 aromatic heterocycles. The summed E-state index contributed by atoms with van der Waals surface area (Å²) in [5.74, 6) is -6.59. The van der Waals surface area contributed by atoms with Crippen molar-refractivity contribution in [3.05, 3.63) is 58.3 Å². The molecule has 13 heteroatoms. The lowest BCUT2D eigenvalue weighted by Crippen LogP contribution is -2.55. The number of fused-ring (bicyclic) bond motifs is 1. The van der Waals surface area contributed by atoms with Gasteiger partial charge >= 0.3 is 17.9 Å². The van der Waals surface area contributed by atoms with Crippen LogP contribution in [0.2, 0.25) is 0 Å².